The fraction of sp³-hybridized carbons (Fsp3) is 0.151. The van der Waals surface area contributed by atoms with Crippen LogP contribution in [-0.2, 0) is 18.9 Å². The average Bonchev–Trinajstić information content (AvgIpc) is 3.65. The molecule has 0 aliphatic carbocycles. The Morgan fingerprint density at radius 1 is 0.585 bits per heavy atom. The van der Waals surface area contributed by atoms with E-state index in [1.54, 1.807) is 78.9 Å². The van der Waals surface area contributed by atoms with Gasteiger partial charge in [0.1, 0.15) is 0 Å². The van der Waals surface area contributed by atoms with Crippen molar-refractivity contribution in [1.29, 1.82) is 0 Å². The summed E-state index contributed by atoms with van der Waals surface area (Å²) < 4.78 is 29.0. The monoisotopic (exact) mass is 928 g/mol. The van der Waals surface area contributed by atoms with Crippen LogP contribution in [0.25, 0.3) is 6.08 Å². The summed E-state index contributed by atoms with van der Waals surface area (Å²) >= 11 is -3.77. The van der Waals surface area contributed by atoms with Crippen molar-refractivity contribution in [1.82, 2.24) is 9.55 Å². The van der Waals surface area contributed by atoms with Crippen LogP contribution >= 0.6 is 0 Å². The van der Waals surface area contributed by atoms with Crippen molar-refractivity contribution in [2.45, 2.75) is 45.3 Å². The molecule has 326 valence electrons. The van der Waals surface area contributed by atoms with Crippen molar-refractivity contribution in [3.63, 3.8) is 0 Å². The third kappa shape index (κ3) is 9.76. The standard InChI is InChI=1S/C53H46GeN2O9/c1-35-19-25-38(26-20-35)50(58)62-34-45-46(64-51(59)39-27-21-36(2)22-28-39)47(65-52(60)40-29-23-37(3)24-30-40)49(63-45)56-33-41(48(57)55-53(56)61)31-32-54(42-13-7-4-8-14-42,43-15-9-5-10-16-43)44-17-11-6-12-18-44/h4-33,45-47,49H,34H2,1-3H3,(H,55,57,61)/b32-31+/t45-,46-,47-,49-/m1/s1. The molecule has 4 atom stereocenters. The summed E-state index contributed by atoms with van der Waals surface area (Å²) in [4.78, 5) is 73.6. The van der Waals surface area contributed by atoms with Crippen LogP contribution in [0.15, 0.2) is 184 Å². The molecule has 2 heterocycles. The topological polar surface area (TPSA) is 143 Å². The number of aryl methyl sites for hydroxylation is 3. The van der Waals surface area contributed by atoms with Crippen LogP contribution in [0.3, 0.4) is 0 Å². The van der Waals surface area contributed by atoms with Gasteiger partial charge in [0.05, 0.1) is 0 Å². The van der Waals surface area contributed by atoms with Gasteiger partial charge in [-0.25, -0.2) is 0 Å². The molecule has 1 aromatic heterocycles. The van der Waals surface area contributed by atoms with Crippen molar-refractivity contribution in [2.75, 3.05) is 6.61 Å². The summed E-state index contributed by atoms with van der Waals surface area (Å²) in [7, 11) is 0. The van der Waals surface area contributed by atoms with E-state index in [1.807, 2.05) is 75.4 Å². The maximum atomic E-state index is 14.0. The van der Waals surface area contributed by atoms with Crippen LogP contribution in [-0.4, -0.2) is 65.6 Å². The SMILES string of the molecule is Cc1ccc(C(=O)OC[C@H]2O[C@@H](n3cc(/C=[CH]/[Ge]([c]4ccccc4)([c]4ccccc4)[c]4ccccc4)c(=O)[nH]c3=O)[C@H](OC(=O)c3ccc(C)cc3)[C@@H]2OC(=O)c2ccc(C)cc2)cc1. The molecule has 65 heavy (non-hydrogen) atoms. The number of esters is 3. The summed E-state index contributed by atoms with van der Waals surface area (Å²) in [6, 6.07) is 50.6. The van der Waals surface area contributed by atoms with E-state index in [0.29, 0.717) is 0 Å². The second-order valence-electron chi connectivity index (χ2n) is 16.0. The number of nitrogens with one attached hydrogen (secondary N) is 1. The summed E-state index contributed by atoms with van der Waals surface area (Å²) in [5, 5.41) is 0. The van der Waals surface area contributed by atoms with E-state index in [0.717, 1.165) is 34.4 Å². The molecule has 0 spiro atoms. The zero-order chi connectivity index (χ0) is 45.5. The minimum atomic E-state index is -3.77. The minimum Gasteiger partial charge on any atom is -0.0585 e. The molecular formula is C53H46GeN2O9. The first-order valence-electron chi connectivity index (χ1n) is 21.2. The average molecular weight is 928 g/mol. The van der Waals surface area contributed by atoms with Gasteiger partial charge in [-0.15, -0.1) is 0 Å². The molecule has 0 bridgehead atoms. The van der Waals surface area contributed by atoms with E-state index in [2.05, 4.69) is 46.3 Å². The van der Waals surface area contributed by atoms with Crippen molar-refractivity contribution >= 4 is 50.4 Å². The van der Waals surface area contributed by atoms with Gasteiger partial charge in [-0.05, 0) is 32.9 Å². The Hall–Kier alpha value is -7.35. The Bertz CT molecular complexity index is 2840. The van der Waals surface area contributed by atoms with Gasteiger partial charge < -0.3 is 0 Å². The molecule has 0 radical (unpaired) electrons. The van der Waals surface area contributed by atoms with E-state index >= 15 is 0 Å². The number of ether oxygens (including phenoxy) is 4. The normalized spacial score (nSPS) is 17.1. The first kappa shape index (κ1) is 44.3. The van der Waals surface area contributed by atoms with Crippen LogP contribution in [0.2, 0.25) is 0 Å². The Morgan fingerprint density at radius 3 is 1.45 bits per heavy atom. The van der Waals surface area contributed by atoms with Gasteiger partial charge in [-0.2, -0.15) is 0 Å². The van der Waals surface area contributed by atoms with Crippen LogP contribution in [0.5, 0.6) is 0 Å². The molecule has 8 rings (SSSR count). The number of hydrogen-bond acceptors (Lipinski definition) is 9. The Labute approximate surface area is 378 Å². The van der Waals surface area contributed by atoms with E-state index in [4.69, 9.17) is 18.9 Å². The smallest absolute Gasteiger partial charge is 0.0585 e. The number of benzene rings is 6. The minimum absolute atomic E-state index is 0.108. The number of nitrogens with zero attached hydrogens (tertiary/aromatic N) is 1. The zero-order valence-electron chi connectivity index (χ0n) is 36.0. The fourth-order valence-corrected chi connectivity index (χ4v) is 16.7. The molecule has 1 fully saturated rings. The maximum absolute atomic E-state index is 14.0. The van der Waals surface area contributed by atoms with E-state index < -0.39 is 73.6 Å². The second-order valence-corrected chi connectivity index (χ2v) is 23.7. The van der Waals surface area contributed by atoms with Gasteiger partial charge in [0, 0.05) is 0 Å². The van der Waals surface area contributed by atoms with Gasteiger partial charge >= 0.3 is 306 Å². The fourth-order valence-electron chi connectivity index (χ4n) is 7.94. The number of carbonyl (C=O) groups is 3. The van der Waals surface area contributed by atoms with Gasteiger partial charge in [0.2, 0.25) is 0 Å². The molecule has 0 saturated carbocycles. The number of rotatable bonds is 13. The predicted molar refractivity (Wildman–Crippen MR) is 250 cm³/mol. The van der Waals surface area contributed by atoms with E-state index in [-0.39, 0.29) is 22.3 Å². The van der Waals surface area contributed by atoms with Crippen molar-refractivity contribution in [2.24, 2.45) is 0 Å². The molecule has 11 nitrogen and oxygen atoms in total. The Morgan fingerprint density at radius 2 is 1.00 bits per heavy atom. The first-order valence-corrected chi connectivity index (χ1v) is 25.5. The summed E-state index contributed by atoms with van der Waals surface area (Å²) in [6.07, 6.45) is -2.57. The van der Waals surface area contributed by atoms with Crippen molar-refractivity contribution < 1.29 is 33.3 Å². The summed E-state index contributed by atoms with van der Waals surface area (Å²) in [6.45, 7) is 5.19. The quantitative estimate of drug-likeness (QED) is 0.0791. The number of aromatic nitrogens is 2. The van der Waals surface area contributed by atoms with Gasteiger partial charge in [0.25, 0.3) is 0 Å². The van der Waals surface area contributed by atoms with Crippen molar-refractivity contribution in [3.8, 4) is 0 Å². The third-order valence-corrected chi connectivity index (χ3v) is 20.7. The van der Waals surface area contributed by atoms with Crippen molar-refractivity contribution in [3.05, 3.63) is 235 Å². The van der Waals surface area contributed by atoms with E-state index in [1.165, 1.54) is 6.20 Å². The Kier molecular flexibility index (Phi) is 13.3. The first-order chi connectivity index (χ1) is 31.5. The third-order valence-electron chi connectivity index (χ3n) is 11.5. The number of hydrogen-bond donors (Lipinski definition) is 1. The molecule has 1 aliphatic rings. The number of H-pyrrole nitrogens is 1. The molecule has 1 saturated heterocycles. The van der Waals surface area contributed by atoms with E-state index in [9.17, 15) is 24.0 Å². The molecule has 12 heteroatoms. The zero-order valence-corrected chi connectivity index (χ0v) is 38.1. The van der Waals surface area contributed by atoms with Crippen LogP contribution in [0, 0.1) is 20.8 Å². The second kappa shape index (κ2) is 19.6. The predicted octanol–water partition coefficient (Wildman–Crippen LogP) is 6.39. The number of carbonyl (C=O) groups excluding carboxylic acids is 3. The van der Waals surface area contributed by atoms with Gasteiger partial charge in [-0.3, -0.25) is 0 Å². The molecule has 0 amide bonds. The molecule has 0 unspecified atom stereocenters. The van der Waals surface area contributed by atoms with Crippen LogP contribution in [0.4, 0.5) is 0 Å². The van der Waals surface area contributed by atoms with Gasteiger partial charge in [-0.1, -0.05) is 41.0 Å². The summed E-state index contributed by atoms with van der Waals surface area (Å²) in [5.74, 6) is -2.23. The molecule has 7 aromatic rings. The molecule has 1 N–H and O–H groups in total. The van der Waals surface area contributed by atoms with Crippen LogP contribution in [0.1, 0.15) is 59.6 Å². The Balaban J connectivity index is 1.23. The summed E-state index contributed by atoms with van der Waals surface area (Å²) in [5.41, 5.74) is 2.00. The molecular weight excluding hydrogens is 881 g/mol. The molecule has 1 aliphatic heterocycles. The molecule has 6 aromatic carbocycles. The van der Waals surface area contributed by atoms with Gasteiger partial charge in [0.15, 0.2) is 0 Å². The van der Waals surface area contributed by atoms with Crippen LogP contribution < -0.4 is 24.4 Å². The number of aromatic amines is 1.